The molecule has 0 aliphatic rings. The van der Waals surface area contributed by atoms with Crippen LogP contribution in [0, 0.1) is 0 Å². The third-order valence-corrected chi connectivity index (χ3v) is 5.14. The molecule has 1 atom stereocenters. The van der Waals surface area contributed by atoms with E-state index in [-0.39, 0.29) is 18.0 Å². The summed E-state index contributed by atoms with van der Waals surface area (Å²) in [6.07, 6.45) is 12.5. The number of hydrogen-bond donors (Lipinski definition) is 0. The average molecular weight is 438 g/mol. The van der Waals surface area contributed by atoms with Crippen LogP contribution >= 0.6 is 0 Å². The summed E-state index contributed by atoms with van der Waals surface area (Å²) in [5, 5.41) is 0. The lowest BCUT2D eigenvalue weighted by atomic mass is 10.0. The van der Waals surface area contributed by atoms with Crippen LogP contribution in [0.25, 0.3) is 11.3 Å². The third-order valence-electron chi connectivity index (χ3n) is 5.14. The lowest BCUT2D eigenvalue weighted by Gasteiger charge is -2.12. The van der Waals surface area contributed by atoms with Crippen LogP contribution in [0.15, 0.2) is 54.7 Å². The summed E-state index contributed by atoms with van der Waals surface area (Å²) in [5.74, 6) is -0.105. The molecule has 1 unspecified atom stereocenters. The second-order valence-corrected chi connectivity index (χ2v) is 7.94. The van der Waals surface area contributed by atoms with Crippen molar-refractivity contribution in [2.75, 3.05) is 0 Å². The van der Waals surface area contributed by atoms with Crippen LogP contribution in [-0.2, 0) is 20.7 Å². The normalized spacial score (nSPS) is 12.0. The molecule has 0 spiro atoms. The first-order valence-corrected chi connectivity index (χ1v) is 11.6. The van der Waals surface area contributed by atoms with Gasteiger partial charge in [0.1, 0.15) is 5.75 Å². The van der Waals surface area contributed by atoms with Crippen LogP contribution in [-0.4, -0.2) is 23.0 Å². The molecule has 0 saturated heterocycles. The molecular formula is C27H35NO4. The van der Waals surface area contributed by atoms with Crippen molar-refractivity contribution in [3.8, 4) is 17.0 Å². The average Bonchev–Trinajstić information content (AvgIpc) is 2.81. The first kappa shape index (κ1) is 25.3. The van der Waals surface area contributed by atoms with Gasteiger partial charge in [-0.2, -0.15) is 0 Å². The van der Waals surface area contributed by atoms with Crippen LogP contribution in [0.4, 0.5) is 0 Å². The van der Waals surface area contributed by atoms with Gasteiger partial charge in [0.15, 0.2) is 0 Å². The molecule has 1 aromatic carbocycles. The topological polar surface area (TPSA) is 65.5 Å². The van der Waals surface area contributed by atoms with Gasteiger partial charge in [-0.3, -0.25) is 9.78 Å². The molecule has 0 aliphatic carbocycles. The Bertz CT molecular complexity index is 856. The summed E-state index contributed by atoms with van der Waals surface area (Å²) in [4.78, 5) is 27.7. The number of hydrogen-bond acceptors (Lipinski definition) is 5. The molecule has 2 aromatic rings. The van der Waals surface area contributed by atoms with E-state index in [2.05, 4.69) is 24.0 Å². The summed E-state index contributed by atoms with van der Waals surface area (Å²) < 4.78 is 10.6. The minimum Gasteiger partial charge on any atom is -0.463 e. The second kappa shape index (κ2) is 14.2. The number of carbonyl (C=O) groups is 2. The summed E-state index contributed by atoms with van der Waals surface area (Å²) >= 11 is 0. The Morgan fingerprint density at radius 2 is 1.81 bits per heavy atom. The Labute approximate surface area is 191 Å². The lowest BCUT2D eigenvalue weighted by Crippen LogP contribution is -2.14. The number of aromatic nitrogens is 1. The maximum atomic E-state index is 11.9. The van der Waals surface area contributed by atoms with E-state index in [4.69, 9.17) is 9.47 Å². The maximum Gasteiger partial charge on any atom is 0.335 e. The number of benzene rings is 1. The number of allylic oxidation sites excluding steroid dienone is 1. The van der Waals surface area contributed by atoms with E-state index in [0.717, 1.165) is 36.9 Å². The molecule has 32 heavy (non-hydrogen) atoms. The van der Waals surface area contributed by atoms with Crippen molar-refractivity contribution in [1.82, 2.24) is 4.98 Å². The zero-order valence-corrected chi connectivity index (χ0v) is 19.5. The first-order valence-electron chi connectivity index (χ1n) is 11.6. The number of rotatable bonds is 13. The van der Waals surface area contributed by atoms with Crippen LogP contribution < -0.4 is 4.74 Å². The fourth-order valence-corrected chi connectivity index (χ4v) is 3.21. The number of carbonyl (C=O) groups excluding carboxylic acids is 2. The predicted octanol–water partition coefficient (Wildman–Crippen LogP) is 6.45. The van der Waals surface area contributed by atoms with E-state index in [9.17, 15) is 9.59 Å². The Morgan fingerprint density at radius 1 is 1.03 bits per heavy atom. The quantitative estimate of drug-likeness (QED) is 0.204. The molecule has 0 bridgehead atoms. The van der Waals surface area contributed by atoms with Crippen LogP contribution in [0.2, 0.25) is 0 Å². The number of unbranched alkanes of at least 4 members (excludes halogenated alkanes) is 4. The second-order valence-electron chi connectivity index (χ2n) is 7.94. The van der Waals surface area contributed by atoms with E-state index in [0.29, 0.717) is 12.2 Å². The van der Waals surface area contributed by atoms with Gasteiger partial charge in [-0.15, -0.1) is 0 Å². The number of nitrogens with zero attached hydrogens (tertiary/aromatic N) is 1. The molecule has 1 heterocycles. The van der Waals surface area contributed by atoms with Gasteiger partial charge in [-0.25, -0.2) is 4.79 Å². The number of pyridine rings is 1. The molecule has 0 amide bonds. The van der Waals surface area contributed by atoms with Crippen LogP contribution in [0.5, 0.6) is 5.75 Å². The summed E-state index contributed by atoms with van der Waals surface area (Å²) in [5.41, 5.74) is 2.98. The Morgan fingerprint density at radius 3 is 2.47 bits per heavy atom. The fourth-order valence-electron chi connectivity index (χ4n) is 3.21. The standard InChI is InChI=1S/C27H35NO4/c1-4-6-7-8-9-10-11-27(30)32-24-18-19-25(28-20-24)23-16-14-22(15-17-23)13-12-21(3)31-26(29)5-2/h10-11,14-21H,4-9,12-13H2,1-3H3. The molecule has 0 fully saturated rings. The molecule has 1 aromatic heterocycles. The van der Waals surface area contributed by atoms with Crippen molar-refractivity contribution in [2.24, 2.45) is 0 Å². The van der Waals surface area contributed by atoms with Gasteiger partial charge in [0, 0.05) is 18.1 Å². The molecule has 5 heteroatoms. The Hall–Kier alpha value is -2.95. The lowest BCUT2D eigenvalue weighted by molar-refractivity contribution is -0.148. The van der Waals surface area contributed by atoms with E-state index >= 15 is 0 Å². The van der Waals surface area contributed by atoms with E-state index < -0.39 is 0 Å². The Balaban J connectivity index is 1.81. The monoisotopic (exact) mass is 437 g/mol. The van der Waals surface area contributed by atoms with Gasteiger partial charge < -0.3 is 9.47 Å². The highest BCUT2D eigenvalue weighted by atomic mass is 16.5. The summed E-state index contributed by atoms with van der Waals surface area (Å²) in [6.45, 7) is 5.90. The minimum absolute atomic E-state index is 0.0880. The zero-order chi connectivity index (χ0) is 23.2. The van der Waals surface area contributed by atoms with Crippen molar-refractivity contribution >= 4 is 11.9 Å². The highest BCUT2D eigenvalue weighted by molar-refractivity contribution is 5.84. The van der Waals surface area contributed by atoms with E-state index in [1.807, 2.05) is 31.2 Å². The molecule has 2 rings (SSSR count). The largest absolute Gasteiger partial charge is 0.463 e. The minimum atomic E-state index is -0.377. The van der Waals surface area contributed by atoms with Crippen molar-refractivity contribution in [2.45, 2.75) is 78.2 Å². The highest BCUT2D eigenvalue weighted by Gasteiger charge is 2.08. The number of aryl methyl sites for hydroxylation is 1. The Kier molecular flexibility index (Phi) is 11.2. The van der Waals surface area contributed by atoms with Crippen LogP contribution in [0.3, 0.4) is 0 Å². The highest BCUT2D eigenvalue weighted by Crippen LogP contribution is 2.21. The van der Waals surface area contributed by atoms with Gasteiger partial charge in [0.2, 0.25) is 0 Å². The number of ether oxygens (including phenoxy) is 2. The van der Waals surface area contributed by atoms with E-state index in [1.165, 1.54) is 30.9 Å². The SMILES string of the molecule is CCCCCCC=CC(=O)Oc1ccc(-c2ccc(CCC(C)OC(=O)CC)cc2)nc1. The summed E-state index contributed by atoms with van der Waals surface area (Å²) in [6, 6.07) is 11.8. The first-order chi connectivity index (χ1) is 15.5. The van der Waals surface area contributed by atoms with Gasteiger partial charge in [-0.05, 0) is 50.3 Å². The van der Waals surface area contributed by atoms with Crippen LogP contribution in [0.1, 0.15) is 71.3 Å². The molecule has 0 saturated carbocycles. The van der Waals surface area contributed by atoms with Gasteiger partial charge in [-0.1, -0.05) is 63.5 Å². The van der Waals surface area contributed by atoms with Crippen molar-refractivity contribution in [3.63, 3.8) is 0 Å². The molecule has 5 nitrogen and oxygen atoms in total. The third kappa shape index (κ3) is 9.46. The predicted molar refractivity (Wildman–Crippen MR) is 127 cm³/mol. The summed E-state index contributed by atoms with van der Waals surface area (Å²) in [7, 11) is 0. The zero-order valence-electron chi connectivity index (χ0n) is 19.5. The molecular weight excluding hydrogens is 402 g/mol. The molecule has 172 valence electrons. The van der Waals surface area contributed by atoms with E-state index in [1.54, 1.807) is 19.2 Å². The maximum absolute atomic E-state index is 11.9. The smallest absolute Gasteiger partial charge is 0.335 e. The van der Waals surface area contributed by atoms with Crippen molar-refractivity contribution < 1.29 is 19.1 Å². The van der Waals surface area contributed by atoms with Crippen molar-refractivity contribution in [3.05, 3.63) is 60.3 Å². The van der Waals surface area contributed by atoms with Gasteiger partial charge >= 0.3 is 11.9 Å². The van der Waals surface area contributed by atoms with Gasteiger partial charge in [0.25, 0.3) is 0 Å². The van der Waals surface area contributed by atoms with Crippen molar-refractivity contribution in [1.29, 1.82) is 0 Å². The molecule has 0 aliphatic heterocycles. The molecule has 0 radical (unpaired) electrons. The number of esters is 2. The van der Waals surface area contributed by atoms with Gasteiger partial charge in [0.05, 0.1) is 18.0 Å². The molecule has 0 N–H and O–H groups in total. The fraction of sp³-hybridized carbons (Fsp3) is 0.444.